The Hall–Kier alpha value is -2.49. The smallest absolute Gasteiger partial charge is 0.268 e. The van der Waals surface area contributed by atoms with E-state index in [-0.39, 0.29) is 5.91 Å². The number of rotatable bonds is 3. The van der Waals surface area contributed by atoms with Crippen LogP contribution in [0.25, 0.3) is 10.9 Å². The molecule has 0 fully saturated rings. The van der Waals surface area contributed by atoms with Gasteiger partial charge in [0.15, 0.2) is 0 Å². The Kier molecular flexibility index (Phi) is 3.06. The van der Waals surface area contributed by atoms with Gasteiger partial charge in [0.05, 0.1) is 12.8 Å². The summed E-state index contributed by atoms with van der Waals surface area (Å²) in [5.41, 5.74) is 2.89. The van der Waals surface area contributed by atoms with Crippen molar-refractivity contribution in [3.05, 3.63) is 59.7 Å². The fourth-order valence-electron chi connectivity index (χ4n) is 2.40. The number of fused-ring (bicyclic) bond motifs is 1. The van der Waals surface area contributed by atoms with E-state index in [4.69, 9.17) is 4.42 Å². The van der Waals surface area contributed by atoms with Crippen molar-refractivity contribution >= 4 is 16.8 Å². The largest absolute Gasteiger partial charge is 0.467 e. The molecule has 1 aromatic carbocycles. The van der Waals surface area contributed by atoms with Crippen molar-refractivity contribution in [1.82, 2.24) is 9.88 Å². The first-order valence-corrected chi connectivity index (χ1v) is 6.52. The summed E-state index contributed by atoms with van der Waals surface area (Å²) in [5.74, 6) is 0.646. The zero-order valence-corrected chi connectivity index (χ0v) is 11.5. The molecule has 0 saturated heterocycles. The Morgan fingerprint density at radius 3 is 2.85 bits per heavy atom. The van der Waals surface area contributed by atoms with Crippen LogP contribution in [0.1, 0.15) is 21.8 Å². The van der Waals surface area contributed by atoms with E-state index in [1.54, 1.807) is 6.26 Å². The monoisotopic (exact) mass is 268 g/mol. The third-order valence-corrected chi connectivity index (χ3v) is 3.54. The van der Waals surface area contributed by atoms with Gasteiger partial charge in [-0.25, -0.2) is 0 Å². The van der Waals surface area contributed by atoms with E-state index >= 15 is 0 Å². The first kappa shape index (κ1) is 12.5. The third-order valence-electron chi connectivity index (χ3n) is 3.54. The van der Waals surface area contributed by atoms with Gasteiger partial charge < -0.3 is 14.3 Å². The van der Waals surface area contributed by atoms with Crippen LogP contribution in [0.15, 0.2) is 47.1 Å². The Bertz CT molecular complexity index is 754. The number of benzene rings is 1. The summed E-state index contributed by atoms with van der Waals surface area (Å²) < 4.78 is 7.12. The third kappa shape index (κ3) is 2.09. The molecule has 0 bridgehead atoms. The molecule has 4 nitrogen and oxygen atoms in total. The zero-order valence-electron chi connectivity index (χ0n) is 11.5. The molecule has 0 aliphatic heterocycles. The van der Waals surface area contributed by atoms with Crippen molar-refractivity contribution in [2.75, 3.05) is 0 Å². The molecule has 20 heavy (non-hydrogen) atoms. The maximum atomic E-state index is 12.3. The second-order valence-electron chi connectivity index (χ2n) is 4.86. The number of nitrogens with zero attached hydrogens (tertiary/aromatic N) is 1. The van der Waals surface area contributed by atoms with Crippen LogP contribution in [0, 0.1) is 6.92 Å². The molecule has 1 N–H and O–H groups in total. The van der Waals surface area contributed by atoms with Gasteiger partial charge in [0, 0.05) is 18.0 Å². The number of aryl methyl sites for hydroxylation is 2. The van der Waals surface area contributed by atoms with E-state index in [1.807, 2.05) is 54.9 Å². The molecular formula is C16H16N2O2. The van der Waals surface area contributed by atoms with Crippen LogP contribution in [0.2, 0.25) is 0 Å². The van der Waals surface area contributed by atoms with E-state index in [2.05, 4.69) is 5.32 Å². The molecule has 0 unspecified atom stereocenters. The molecule has 0 atom stereocenters. The lowest BCUT2D eigenvalue weighted by atomic mass is 10.1. The summed E-state index contributed by atoms with van der Waals surface area (Å²) in [7, 11) is 1.91. The second-order valence-corrected chi connectivity index (χ2v) is 4.86. The Balaban J connectivity index is 1.88. The molecule has 3 rings (SSSR count). The van der Waals surface area contributed by atoms with E-state index in [0.717, 1.165) is 16.7 Å². The van der Waals surface area contributed by atoms with Crippen molar-refractivity contribution in [3.63, 3.8) is 0 Å². The van der Waals surface area contributed by atoms with Crippen LogP contribution < -0.4 is 5.32 Å². The normalized spacial score (nSPS) is 10.9. The molecule has 1 amide bonds. The number of amides is 1. The number of furan rings is 1. The average molecular weight is 268 g/mol. The summed E-state index contributed by atoms with van der Waals surface area (Å²) in [6, 6.07) is 11.6. The minimum Gasteiger partial charge on any atom is -0.467 e. The maximum Gasteiger partial charge on any atom is 0.268 e. The zero-order chi connectivity index (χ0) is 14.1. The van der Waals surface area contributed by atoms with Gasteiger partial charge in [-0.15, -0.1) is 0 Å². The highest BCUT2D eigenvalue weighted by Gasteiger charge is 2.14. The standard InChI is InChI=1S/C16H16N2O2/c1-11-5-3-7-14-13(11)9-15(18(14)2)16(19)17-10-12-6-4-8-20-12/h3-9H,10H2,1-2H3,(H,17,19). The molecule has 102 valence electrons. The number of aromatic nitrogens is 1. The van der Waals surface area contributed by atoms with Crippen LogP contribution >= 0.6 is 0 Å². The molecule has 2 heterocycles. The highest BCUT2D eigenvalue weighted by atomic mass is 16.3. The molecular weight excluding hydrogens is 252 g/mol. The number of carbonyl (C=O) groups is 1. The second kappa shape index (κ2) is 4.89. The fourth-order valence-corrected chi connectivity index (χ4v) is 2.40. The van der Waals surface area contributed by atoms with E-state index in [0.29, 0.717) is 12.2 Å². The maximum absolute atomic E-state index is 12.3. The van der Waals surface area contributed by atoms with E-state index in [1.165, 1.54) is 5.56 Å². The van der Waals surface area contributed by atoms with Crippen LogP contribution in [0.5, 0.6) is 0 Å². The predicted molar refractivity (Wildman–Crippen MR) is 77.5 cm³/mol. The lowest BCUT2D eigenvalue weighted by Crippen LogP contribution is -2.24. The van der Waals surface area contributed by atoms with Gasteiger partial charge in [-0.3, -0.25) is 4.79 Å². The van der Waals surface area contributed by atoms with Gasteiger partial charge in [0.25, 0.3) is 5.91 Å². The summed E-state index contributed by atoms with van der Waals surface area (Å²) in [4.78, 5) is 12.3. The lowest BCUT2D eigenvalue weighted by Gasteiger charge is -2.05. The SMILES string of the molecule is Cc1cccc2c1cc(C(=O)NCc1ccco1)n2C. The van der Waals surface area contributed by atoms with Gasteiger partial charge in [-0.2, -0.15) is 0 Å². The van der Waals surface area contributed by atoms with Gasteiger partial charge in [0.1, 0.15) is 11.5 Å². The van der Waals surface area contributed by atoms with E-state index < -0.39 is 0 Å². The van der Waals surface area contributed by atoms with Crippen molar-refractivity contribution in [2.24, 2.45) is 7.05 Å². The molecule has 0 spiro atoms. The first-order chi connectivity index (χ1) is 9.66. The molecule has 0 aliphatic carbocycles. The van der Waals surface area contributed by atoms with Crippen LogP contribution in [0.3, 0.4) is 0 Å². The highest BCUT2D eigenvalue weighted by Crippen LogP contribution is 2.22. The van der Waals surface area contributed by atoms with Gasteiger partial charge in [-0.05, 0) is 36.8 Å². The van der Waals surface area contributed by atoms with Gasteiger partial charge in [0.2, 0.25) is 0 Å². The summed E-state index contributed by atoms with van der Waals surface area (Å²) in [6.45, 7) is 2.44. The number of carbonyl (C=O) groups excluding carboxylic acids is 1. The minimum absolute atomic E-state index is 0.0977. The molecule has 4 heteroatoms. The summed E-state index contributed by atoms with van der Waals surface area (Å²) in [6.07, 6.45) is 1.60. The predicted octanol–water partition coefficient (Wildman–Crippen LogP) is 3.01. The number of hydrogen-bond donors (Lipinski definition) is 1. The average Bonchev–Trinajstić information content (AvgIpc) is 3.06. The Morgan fingerprint density at radius 2 is 2.15 bits per heavy atom. The molecule has 3 aromatic rings. The Labute approximate surface area is 117 Å². The van der Waals surface area contributed by atoms with Crippen LogP contribution in [-0.4, -0.2) is 10.5 Å². The van der Waals surface area contributed by atoms with Crippen molar-refractivity contribution < 1.29 is 9.21 Å². The quantitative estimate of drug-likeness (QED) is 0.793. The fraction of sp³-hybridized carbons (Fsp3) is 0.188. The molecule has 0 radical (unpaired) electrons. The van der Waals surface area contributed by atoms with Gasteiger partial charge >= 0.3 is 0 Å². The summed E-state index contributed by atoms with van der Waals surface area (Å²) >= 11 is 0. The van der Waals surface area contributed by atoms with Crippen molar-refractivity contribution in [2.45, 2.75) is 13.5 Å². The molecule has 0 aliphatic rings. The number of hydrogen-bond acceptors (Lipinski definition) is 2. The minimum atomic E-state index is -0.0977. The van der Waals surface area contributed by atoms with E-state index in [9.17, 15) is 4.79 Å². The van der Waals surface area contributed by atoms with Crippen LogP contribution in [-0.2, 0) is 13.6 Å². The lowest BCUT2D eigenvalue weighted by molar-refractivity contribution is 0.0940. The number of nitrogens with one attached hydrogen (secondary N) is 1. The molecule has 0 saturated carbocycles. The van der Waals surface area contributed by atoms with Crippen LogP contribution in [0.4, 0.5) is 0 Å². The van der Waals surface area contributed by atoms with Gasteiger partial charge in [-0.1, -0.05) is 12.1 Å². The highest BCUT2D eigenvalue weighted by molar-refractivity contribution is 5.99. The van der Waals surface area contributed by atoms with Crippen molar-refractivity contribution in [1.29, 1.82) is 0 Å². The Morgan fingerprint density at radius 1 is 1.30 bits per heavy atom. The summed E-state index contributed by atoms with van der Waals surface area (Å²) in [5, 5.41) is 3.98. The topological polar surface area (TPSA) is 47.2 Å². The van der Waals surface area contributed by atoms with Crippen molar-refractivity contribution in [3.8, 4) is 0 Å². The first-order valence-electron chi connectivity index (χ1n) is 6.52. The molecule has 2 aromatic heterocycles.